The molecule has 1 unspecified atom stereocenters. The molecule has 0 aromatic heterocycles. The molecule has 0 bridgehead atoms. The third kappa shape index (κ3) is 1.81. The highest BCUT2D eigenvalue weighted by atomic mass is 16.3. The molecule has 1 aliphatic rings. The van der Waals surface area contributed by atoms with E-state index >= 15 is 0 Å². The maximum absolute atomic E-state index is 10.2. The molecule has 1 aromatic carbocycles. The van der Waals surface area contributed by atoms with Crippen LogP contribution in [-0.2, 0) is 12.8 Å². The Balaban J connectivity index is 2.20. The molecule has 0 fully saturated rings. The molecule has 1 aliphatic carbocycles. The second-order valence-corrected chi connectivity index (χ2v) is 4.14. The number of hydrogen-bond donors (Lipinski definition) is 2. The molecule has 0 saturated carbocycles. The first-order valence-electron chi connectivity index (χ1n) is 5.13. The van der Waals surface area contributed by atoms with Crippen LogP contribution < -0.4 is 0 Å². The Morgan fingerprint density at radius 2 is 1.93 bits per heavy atom. The van der Waals surface area contributed by atoms with Crippen LogP contribution in [0.15, 0.2) is 24.3 Å². The van der Waals surface area contributed by atoms with Crippen LogP contribution in [0.1, 0.15) is 24.0 Å². The zero-order valence-electron chi connectivity index (χ0n) is 8.24. The predicted molar refractivity (Wildman–Crippen MR) is 55.1 cm³/mol. The molecule has 0 radical (unpaired) electrons. The van der Waals surface area contributed by atoms with E-state index in [4.69, 9.17) is 5.11 Å². The molecule has 0 aliphatic heterocycles. The van der Waals surface area contributed by atoms with E-state index < -0.39 is 5.60 Å². The van der Waals surface area contributed by atoms with Gasteiger partial charge in [0, 0.05) is 13.0 Å². The normalized spacial score (nSPS) is 25.9. The van der Waals surface area contributed by atoms with Crippen molar-refractivity contribution in [2.24, 2.45) is 0 Å². The third-order valence-corrected chi connectivity index (χ3v) is 3.07. The Hall–Kier alpha value is -0.860. The van der Waals surface area contributed by atoms with Crippen LogP contribution in [0.3, 0.4) is 0 Å². The summed E-state index contributed by atoms with van der Waals surface area (Å²) in [6.07, 6.45) is 2.86. The van der Waals surface area contributed by atoms with Crippen LogP contribution in [0.2, 0.25) is 0 Å². The van der Waals surface area contributed by atoms with Gasteiger partial charge in [0.1, 0.15) is 0 Å². The van der Waals surface area contributed by atoms with Gasteiger partial charge in [-0.3, -0.25) is 0 Å². The van der Waals surface area contributed by atoms with Crippen molar-refractivity contribution in [2.45, 2.75) is 31.3 Å². The lowest BCUT2D eigenvalue weighted by atomic mass is 9.79. The van der Waals surface area contributed by atoms with Crippen LogP contribution in [0.4, 0.5) is 0 Å². The fraction of sp³-hybridized carbons (Fsp3) is 0.500. The Bertz CT molecular complexity index is 322. The van der Waals surface area contributed by atoms with Gasteiger partial charge in [0.2, 0.25) is 0 Å². The number of hydrogen-bond acceptors (Lipinski definition) is 2. The minimum absolute atomic E-state index is 0.0681. The second-order valence-electron chi connectivity index (χ2n) is 4.14. The summed E-state index contributed by atoms with van der Waals surface area (Å²) in [5.41, 5.74) is 1.90. The zero-order chi connectivity index (χ0) is 10.0. The number of fused-ring (bicyclic) bond motifs is 1. The van der Waals surface area contributed by atoms with Gasteiger partial charge in [-0.1, -0.05) is 24.3 Å². The maximum atomic E-state index is 10.2. The predicted octanol–water partition coefficient (Wildman–Crippen LogP) is 1.29. The van der Waals surface area contributed by atoms with Gasteiger partial charge in [0.05, 0.1) is 5.60 Å². The van der Waals surface area contributed by atoms with Crippen molar-refractivity contribution >= 4 is 0 Å². The molecule has 0 heterocycles. The van der Waals surface area contributed by atoms with Crippen molar-refractivity contribution in [1.82, 2.24) is 0 Å². The lowest BCUT2D eigenvalue weighted by molar-refractivity contribution is 0.00359. The fourth-order valence-electron chi connectivity index (χ4n) is 2.21. The van der Waals surface area contributed by atoms with Gasteiger partial charge in [0.15, 0.2) is 0 Å². The van der Waals surface area contributed by atoms with Crippen molar-refractivity contribution in [1.29, 1.82) is 0 Å². The lowest BCUT2D eigenvalue weighted by Crippen LogP contribution is -2.36. The summed E-state index contributed by atoms with van der Waals surface area (Å²) < 4.78 is 0. The molecule has 0 saturated heterocycles. The molecule has 2 heteroatoms. The Labute approximate surface area is 84.2 Å². The molecule has 76 valence electrons. The van der Waals surface area contributed by atoms with Gasteiger partial charge in [-0.05, 0) is 30.4 Å². The summed E-state index contributed by atoms with van der Waals surface area (Å²) in [6.45, 7) is 0.0681. The van der Waals surface area contributed by atoms with E-state index in [-0.39, 0.29) is 6.61 Å². The summed E-state index contributed by atoms with van der Waals surface area (Å²) >= 11 is 0. The molecule has 0 spiro atoms. The Morgan fingerprint density at radius 1 is 1.21 bits per heavy atom. The number of aliphatic hydroxyl groups excluding tert-OH is 1. The topological polar surface area (TPSA) is 40.5 Å². The minimum atomic E-state index is -0.677. The molecular formula is C12H16O2. The van der Waals surface area contributed by atoms with Crippen LogP contribution in [0.5, 0.6) is 0 Å². The minimum Gasteiger partial charge on any atom is -0.396 e. The van der Waals surface area contributed by atoms with Crippen LogP contribution in [-0.4, -0.2) is 22.4 Å². The largest absolute Gasteiger partial charge is 0.396 e. The number of aliphatic hydroxyl groups is 2. The SMILES string of the molecule is OCCC1(O)CCc2ccccc2C1. The molecule has 1 aromatic rings. The van der Waals surface area contributed by atoms with Crippen LogP contribution in [0, 0.1) is 0 Å². The number of benzene rings is 1. The zero-order valence-corrected chi connectivity index (χ0v) is 8.24. The second kappa shape index (κ2) is 3.71. The summed E-state index contributed by atoms with van der Waals surface area (Å²) in [7, 11) is 0. The molecular weight excluding hydrogens is 176 g/mol. The Kier molecular flexibility index (Phi) is 2.57. The molecule has 2 N–H and O–H groups in total. The standard InChI is InChI=1S/C12H16O2/c13-8-7-12(14)6-5-10-3-1-2-4-11(10)9-12/h1-4,13-14H,5-9H2. The van der Waals surface area contributed by atoms with E-state index in [9.17, 15) is 5.11 Å². The van der Waals surface area contributed by atoms with Crippen molar-refractivity contribution < 1.29 is 10.2 Å². The van der Waals surface area contributed by atoms with Gasteiger partial charge < -0.3 is 10.2 Å². The highest BCUT2D eigenvalue weighted by Crippen LogP contribution is 2.30. The van der Waals surface area contributed by atoms with Crippen molar-refractivity contribution in [3.8, 4) is 0 Å². The van der Waals surface area contributed by atoms with E-state index in [1.165, 1.54) is 11.1 Å². The van der Waals surface area contributed by atoms with Gasteiger partial charge in [-0.2, -0.15) is 0 Å². The molecule has 2 rings (SSSR count). The summed E-state index contributed by atoms with van der Waals surface area (Å²) in [4.78, 5) is 0. The van der Waals surface area contributed by atoms with Gasteiger partial charge in [-0.25, -0.2) is 0 Å². The molecule has 0 amide bonds. The van der Waals surface area contributed by atoms with Gasteiger partial charge in [-0.15, -0.1) is 0 Å². The average molecular weight is 192 g/mol. The first-order chi connectivity index (χ1) is 6.73. The van der Waals surface area contributed by atoms with E-state index in [2.05, 4.69) is 12.1 Å². The summed E-state index contributed by atoms with van der Waals surface area (Å²) in [5, 5.41) is 19.0. The van der Waals surface area contributed by atoms with E-state index in [0.29, 0.717) is 12.8 Å². The number of aryl methyl sites for hydroxylation is 1. The summed E-state index contributed by atoms with van der Waals surface area (Å²) in [6, 6.07) is 8.23. The fourth-order valence-corrected chi connectivity index (χ4v) is 2.21. The maximum Gasteiger partial charge on any atom is 0.0713 e. The number of rotatable bonds is 2. The third-order valence-electron chi connectivity index (χ3n) is 3.07. The van der Waals surface area contributed by atoms with E-state index in [1.807, 2.05) is 12.1 Å². The quantitative estimate of drug-likeness (QED) is 0.741. The van der Waals surface area contributed by atoms with E-state index in [1.54, 1.807) is 0 Å². The van der Waals surface area contributed by atoms with Crippen molar-refractivity contribution in [2.75, 3.05) is 6.61 Å². The first kappa shape index (κ1) is 9.69. The molecule has 1 atom stereocenters. The van der Waals surface area contributed by atoms with Crippen molar-refractivity contribution in [3.63, 3.8) is 0 Å². The van der Waals surface area contributed by atoms with Gasteiger partial charge >= 0.3 is 0 Å². The van der Waals surface area contributed by atoms with E-state index in [0.717, 1.165) is 12.8 Å². The Morgan fingerprint density at radius 3 is 2.64 bits per heavy atom. The average Bonchev–Trinajstić information content (AvgIpc) is 2.17. The lowest BCUT2D eigenvalue weighted by Gasteiger charge is -2.33. The van der Waals surface area contributed by atoms with Gasteiger partial charge in [0.25, 0.3) is 0 Å². The summed E-state index contributed by atoms with van der Waals surface area (Å²) in [5.74, 6) is 0. The smallest absolute Gasteiger partial charge is 0.0713 e. The van der Waals surface area contributed by atoms with Crippen LogP contribution >= 0.6 is 0 Å². The first-order valence-corrected chi connectivity index (χ1v) is 5.13. The molecule has 2 nitrogen and oxygen atoms in total. The highest BCUT2D eigenvalue weighted by Gasteiger charge is 2.30. The van der Waals surface area contributed by atoms with Crippen molar-refractivity contribution in [3.05, 3.63) is 35.4 Å². The molecule has 14 heavy (non-hydrogen) atoms. The monoisotopic (exact) mass is 192 g/mol. The van der Waals surface area contributed by atoms with Crippen LogP contribution in [0.25, 0.3) is 0 Å². The highest BCUT2D eigenvalue weighted by molar-refractivity contribution is 5.31.